The number of nitrogens with zero attached hydrogens (tertiary/aromatic N) is 3. The number of carboxylic acid groups (broad SMARTS) is 1. The summed E-state index contributed by atoms with van der Waals surface area (Å²) in [7, 11) is 0. The molecular formula is C15H22N4O2. The summed E-state index contributed by atoms with van der Waals surface area (Å²) in [6, 6.07) is 2.16. The van der Waals surface area contributed by atoms with Gasteiger partial charge in [0.1, 0.15) is 5.82 Å². The van der Waals surface area contributed by atoms with Crippen molar-refractivity contribution in [3.05, 3.63) is 17.8 Å². The molecule has 1 atom stereocenters. The first kappa shape index (κ1) is 14.1. The smallest absolute Gasteiger partial charge is 0.337 e. The number of aromatic nitrogens is 1. The molecule has 2 fully saturated rings. The van der Waals surface area contributed by atoms with Gasteiger partial charge in [-0.15, -0.1) is 0 Å². The molecule has 0 amide bonds. The van der Waals surface area contributed by atoms with Gasteiger partial charge in [-0.3, -0.25) is 4.90 Å². The summed E-state index contributed by atoms with van der Waals surface area (Å²) in [6.45, 7) is 4.23. The maximum absolute atomic E-state index is 11.2. The molecule has 2 saturated heterocycles. The fourth-order valence-corrected chi connectivity index (χ4v) is 3.34. The minimum absolute atomic E-state index is 0.140. The quantitative estimate of drug-likeness (QED) is 0.876. The van der Waals surface area contributed by atoms with Gasteiger partial charge in [0.15, 0.2) is 0 Å². The molecule has 2 aliphatic heterocycles. The Labute approximate surface area is 124 Å². The Kier molecular flexibility index (Phi) is 3.96. The molecule has 1 unspecified atom stereocenters. The Morgan fingerprint density at radius 2 is 2.05 bits per heavy atom. The van der Waals surface area contributed by atoms with Crippen LogP contribution in [0.15, 0.2) is 12.3 Å². The summed E-state index contributed by atoms with van der Waals surface area (Å²) in [6.07, 6.45) is 6.50. The van der Waals surface area contributed by atoms with Gasteiger partial charge in [-0.05, 0) is 38.4 Å². The summed E-state index contributed by atoms with van der Waals surface area (Å²) in [5.74, 6) is -0.274. The summed E-state index contributed by atoms with van der Waals surface area (Å²) < 4.78 is 0. The van der Waals surface area contributed by atoms with Crippen molar-refractivity contribution in [2.75, 3.05) is 36.8 Å². The number of carboxylic acids is 1. The van der Waals surface area contributed by atoms with Crippen LogP contribution in [0.2, 0.25) is 0 Å². The lowest BCUT2D eigenvalue weighted by molar-refractivity contribution is 0.0698. The highest BCUT2D eigenvalue weighted by Crippen LogP contribution is 2.25. The first-order valence-electron chi connectivity index (χ1n) is 7.63. The minimum atomic E-state index is -0.997. The molecule has 3 heterocycles. The van der Waals surface area contributed by atoms with E-state index in [1.807, 2.05) is 0 Å². The summed E-state index contributed by atoms with van der Waals surface area (Å²) >= 11 is 0. The molecule has 0 aliphatic carbocycles. The van der Waals surface area contributed by atoms with Crippen molar-refractivity contribution in [1.29, 1.82) is 0 Å². The molecule has 6 heteroatoms. The Morgan fingerprint density at radius 1 is 1.29 bits per heavy atom. The Balaban J connectivity index is 1.71. The fraction of sp³-hybridized carbons (Fsp3) is 0.600. The third kappa shape index (κ3) is 2.95. The van der Waals surface area contributed by atoms with Crippen molar-refractivity contribution in [3.8, 4) is 0 Å². The van der Waals surface area contributed by atoms with E-state index in [9.17, 15) is 4.79 Å². The zero-order chi connectivity index (χ0) is 14.8. The van der Waals surface area contributed by atoms with E-state index in [0.717, 1.165) is 25.3 Å². The number of rotatable bonds is 3. The average Bonchev–Trinajstić information content (AvgIpc) is 2.98. The topological polar surface area (TPSA) is 82.7 Å². The van der Waals surface area contributed by atoms with E-state index in [4.69, 9.17) is 10.8 Å². The van der Waals surface area contributed by atoms with Gasteiger partial charge in [0.05, 0.1) is 17.4 Å². The van der Waals surface area contributed by atoms with E-state index in [2.05, 4.69) is 14.8 Å². The first-order chi connectivity index (χ1) is 10.1. The van der Waals surface area contributed by atoms with Crippen molar-refractivity contribution in [2.45, 2.75) is 31.7 Å². The standard InChI is InChI=1S/C15H22N4O2/c16-13-9-17-14(8-12(13)15(20)21)19-7-4-11(10-19)18-5-2-1-3-6-18/h8-9,11H,1-7,10,16H2,(H,20,21). The second-order valence-electron chi connectivity index (χ2n) is 5.92. The SMILES string of the molecule is Nc1cnc(N2CCC(N3CCCCC3)C2)cc1C(=O)O. The van der Waals surface area contributed by atoms with Gasteiger partial charge in [-0.25, -0.2) is 9.78 Å². The minimum Gasteiger partial charge on any atom is -0.478 e. The molecule has 3 N–H and O–H groups in total. The number of hydrogen-bond acceptors (Lipinski definition) is 5. The zero-order valence-electron chi connectivity index (χ0n) is 12.2. The molecule has 0 spiro atoms. The fourth-order valence-electron chi connectivity index (χ4n) is 3.34. The highest BCUT2D eigenvalue weighted by Gasteiger charge is 2.29. The molecule has 21 heavy (non-hydrogen) atoms. The number of likely N-dealkylation sites (tertiary alicyclic amines) is 1. The van der Waals surface area contributed by atoms with Gasteiger partial charge in [-0.1, -0.05) is 6.42 Å². The number of pyridine rings is 1. The van der Waals surface area contributed by atoms with E-state index in [1.54, 1.807) is 6.07 Å². The van der Waals surface area contributed by atoms with Gasteiger partial charge in [0, 0.05) is 19.1 Å². The summed E-state index contributed by atoms with van der Waals surface area (Å²) in [5.41, 5.74) is 6.02. The maximum atomic E-state index is 11.2. The molecule has 1 aromatic heterocycles. The molecule has 0 radical (unpaired) electrons. The van der Waals surface area contributed by atoms with Gasteiger partial charge < -0.3 is 15.7 Å². The van der Waals surface area contributed by atoms with Crippen molar-refractivity contribution >= 4 is 17.5 Å². The number of anilines is 2. The molecule has 0 bridgehead atoms. The lowest BCUT2D eigenvalue weighted by Crippen LogP contribution is -2.41. The predicted molar refractivity (Wildman–Crippen MR) is 81.7 cm³/mol. The van der Waals surface area contributed by atoms with Crippen LogP contribution >= 0.6 is 0 Å². The number of aromatic carboxylic acids is 1. The zero-order valence-corrected chi connectivity index (χ0v) is 12.2. The molecular weight excluding hydrogens is 268 g/mol. The van der Waals surface area contributed by atoms with Crippen LogP contribution < -0.4 is 10.6 Å². The number of piperidine rings is 1. The number of nitrogens with two attached hydrogens (primary N) is 1. The Morgan fingerprint density at radius 3 is 2.76 bits per heavy atom. The van der Waals surface area contributed by atoms with Gasteiger partial charge >= 0.3 is 5.97 Å². The van der Waals surface area contributed by atoms with E-state index in [0.29, 0.717) is 6.04 Å². The van der Waals surface area contributed by atoms with Crippen molar-refractivity contribution in [1.82, 2.24) is 9.88 Å². The Bertz CT molecular complexity index is 528. The average molecular weight is 290 g/mol. The molecule has 114 valence electrons. The van der Waals surface area contributed by atoms with Crippen LogP contribution in [0.3, 0.4) is 0 Å². The van der Waals surface area contributed by atoms with Crippen LogP contribution in [0.1, 0.15) is 36.0 Å². The van der Waals surface area contributed by atoms with Gasteiger partial charge in [-0.2, -0.15) is 0 Å². The van der Waals surface area contributed by atoms with Crippen molar-refractivity contribution in [2.24, 2.45) is 0 Å². The van der Waals surface area contributed by atoms with Crippen molar-refractivity contribution in [3.63, 3.8) is 0 Å². The Hall–Kier alpha value is -1.82. The van der Waals surface area contributed by atoms with E-state index < -0.39 is 5.97 Å². The largest absolute Gasteiger partial charge is 0.478 e. The second kappa shape index (κ2) is 5.89. The molecule has 3 rings (SSSR count). The molecule has 1 aromatic rings. The highest BCUT2D eigenvalue weighted by atomic mass is 16.4. The molecule has 2 aliphatic rings. The summed E-state index contributed by atoms with van der Waals surface area (Å²) in [5, 5.41) is 9.15. The number of hydrogen-bond donors (Lipinski definition) is 2. The molecule has 0 saturated carbocycles. The van der Waals surface area contributed by atoms with Crippen LogP contribution in [0.5, 0.6) is 0 Å². The third-order valence-electron chi connectivity index (χ3n) is 4.55. The predicted octanol–water partition coefficient (Wildman–Crippen LogP) is 1.43. The second-order valence-corrected chi connectivity index (χ2v) is 5.92. The van der Waals surface area contributed by atoms with Crippen molar-refractivity contribution < 1.29 is 9.90 Å². The lowest BCUT2D eigenvalue weighted by Gasteiger charge is -2.32. The van der Waals surface area contributed by atoms with Crippen LogP contribution in [0.25, 0.3) is 0 Å². The van der Waals surface area contributed by atoms with E-state index >= 15 is 0 Å². The van der Waals surface area contributed by atoms with Gasteiger partial charge in [0.2, 0.25) is 0 Å². The van der Waals surface area contributed by atoms with Crippen LogP contribution in [-0.4, -0.2) is 53.2 Å². The van der Waals surface area contributed by atoms with E-state index in [-0.39, 0.29) is 11.3 Å². The van der Waals surface area contributed by atoms with E-state index in [1.165, 1.54) is 38.5 Å². The lowest BCUT2D eigenvalue weighted by atomic mass is 10.1. The normalized spacial score (nSPS) is 23.4. The monoisotopic (exact) mass is 290 g/mol. The summed E-state index contributed by atoms with van der Waals surface area (Å²) in [4.78, 5) is 20.2. The van der Waals surface area contributed by atoms with Crippen LogP contribution in [-0.2, 0) is 0 Å². The third-order valence-corrected chi connectivity index (χ3v) is 4.55. The van der Waals surface area contributed by atoms with Crippen LogP contribution in [0.4, 0.5) is 11.5 Å². The maximum Gasteiger partial charge on any atom is 0.337 e. The number of nitrogen functional groups attached to an aromatic ring is 1. The highest BCUT2D eigenvalue weighted by molar-refractivity contribution is 5.94. The van der Waals surface area contributed by atoms with Crippen LogP contribution in [0, 0.1) is 0 Å². The first-order valence-corrected chi connectivity index (χ1v) is 7.63. The molecule has 6 nitrogen and oxygen atoms in total. The number of carbonyl (C=O) groups is 1. The van der Waals surface area contributed by atoms with Gasteiger partial charge in [0.25, 0.3) is 0 Å². The molecule has 0 aromatic carbocycles.